The van der Waals surface area contributed by atoms with E-state index in [4.69, 9.17) is 0 Å². The molecule has 1 aliphatic carbocycles. The highest BCUT2D eigenvalue weighted by molar-refractivity contribution is 4.71. The Hall–Kier alpha value is -0.0800. The number of quaternary nitrogens is 1. The van der Waals surface area contributed by atoms with Crippen molar-refractivity contribution >= 4 is 0 Å². The zero-order valence-electron chi connectivity index (χ0n) is 7.44. The van der Waals surface area contributed by atoms with E-state index in [1.165, 1.54) is 45.1 Å². The van der Waals surface area contributed by atoms with E-state index in [9.17, 15) is 0 Å². The topological polar surface area (TPSA) is 39.7 Å². The van der Waals surface area contributed by atoms with Crippen LogP contribution in [0.15, 0.2) is 0 Å². The first-order valence-corrected chi connectivity index (χ1v) is 4.96. The fourth-order valence-electron chi connectivity index (χ4n) is 1.74. The third kappa shape index (κ3) is 3.73. The molecule has 1 aliphatic rings. The molecule has 0 aromatic rings. The van der Waals surface area contributed by atoms with Crippen molar-refractivity contribution in [3.05, 3.63) is 0 Å². The molecule has 0 amide bonds. The van der Waals surface area contributed by atoms with E-state index in [0.717, 1.165) is 12.6 Å². The highest BCUT2D eigenvalue weighted by Crippen LogP contribution is 2.16. The highest BCUT2D eigenvalue weighted by atomic mass is 14.9. The Balaban J connectivity index is 1.96. The van der Waals surface area contributed by atoms with Gasteiger partial charge in [-0.2, -0.15) is 0 Å². The fourth-order valence-corrected chi connectivity index (χ4v) is 1.74. The van der Waals surface area contributed by atoms with E-state index in [-0.39, 0.29) is 0 Å². The molecule has 0 heterocycles. The first kappa shape index (κ1) is 9.01. The van der Waals surface area contributed by atoms with Crippen molar-refractivity contribution in [2.75, 3.05) is 13.1 Å². The van der Waals surface area contributed by atoms with Crippen LogP contribution in [0.1, 0.15) is 38.5 Å². The average molecular weight is 157 g/mol. The number of hydrogen-bond donors (Lipinski definition) is 2. The van der Waals surface area contributed by atoms with E-state index < -0.39 is 0 Å². The largest absolute Gasteiger partial charge is 0.358 e. The Bertz CT molecular complexity index is 87.6. The minimum Gasteiger partial charge on any atom is -0.358 e. The van der Waals surface area contributed by atoms with Gasteiger partial charge < -0.3 is 11.1 Å². The smallest absolute Gasteiger partial charge is 0.0752 e. The van der Waals surface area contributed by atoms with E-state index in [1.807, 2.05) is 0 Å². The van der Waals surface area contributed by atoms with E-state index in [1.54, 1.807) is 0 Å². The van der Waals surface area contributed by atoms with Crippen LogP contribution in [0.5, 0.6) is 0 Å². The van der Waals surface area contributed by atoms with Gasteiger partial charge in [-0.1, -0.05) is 19.3 Å². The van der Waals surface area contributed by atoms with Gasteiger partial charge in [-0.25, -0.2) is 0 Å². The van der Waals surface area contributed by atoms with Crippen LogP contribution in [-0.4, -0.2) is 19.1 Å². The third-order valence-electron chi connectivity index (χ3n) is 2.46. The third-order valence-corrected chi connectivity index (χ3v) is 2.46. The molecule has 0 unspecified atom stereocenters. The number of hydrogen-bond acceptors (Lipinski definition) is 1. The molecular weight excluding hydrogens is 136 g/mol. The molecule has 1 rings (SSSR count). The summed E-state index contributed by atoms with van der Waals surface area (Å²) in [7, 11) is 0. The summed E-state index contributed by atoms with van der Waals surface area (Å²) < 4.78 is 0. The molecule has 0 aromatic heterocycles. The maximum absolute atomic E-state index is 3.83. The molecule has 0 bridgehead atoms. The van der Waals surface area contributed by atoms with Crippen molar-refractivity contribution in [3.63, 3.8) is 0 Å². The SMILES string of the molecule is [NH3+]CCCNC1CCCCC1. The zero-order valence-corrected chi connectivity index (χ0v) is 7.44. The van der Waals surface area contributed by atoms with Gasteiger partial charge in [0.25, 0.3) is 0 Å². The number of nitrogens with one attached hydrogen (secondary N) is 1. The first-order valence-electron chi connectivity index (χ1n) is 4.96. The Kier molecular flexibility index (Phi) is 4.55. The highest BCUT2D eigenvalue weighted by Gasteiger charge is 2.11. The summed E-state index contributed by atoms with van der Waals surface area (Å²) in [6, 6.07) is 0.829. The predicted octanol–water partition coefficient (Wildman–Crippen LogP) is 0.541. The maximum atomic E-state index is 3.83. The molecule has 2 heteroatoms. The molecule has 4 N–H and O–H groups in total. The average Bonchev–Trinajstić information content (AvgIpc) is 2.07. The Labute approximate surface area is 69.5 Å². The summed E-state index contributed by atoms with van der Waals surface area (Å²) in [5.41, 5.74) is 3.83. The van der Waals surface area contributed by atoms with Crippen LogP contribution in [0.4, 0.5) is 0 Å². The Morgan fingerprint density at radius 1 is 1.18 bits per heavy atom. The van der Waals surface area contributed by atoms with Crippen molar-refractivity contribution in [1.82, 2.24) is 5.32 Å². The first-order chi connectivity index (χ1) is 5.43. The molecule has 1 saturated carbocycles. The summed E-state index contributed by atoms with van der Waals surface area (Å²) in [6.07, 6.45) is 8.35. The summed E-state index contributed by atoms with van der Waals surface area (Å²) in [5, 5.41) is 3.58. The van der Waals surface area contributed by atoms with Crippen LogP contribution in [0.2, 0.25) is 0 Å². The summed E-state index contributed by atoms with van der Waals surface area (Å²) in [6.45, 7) is 2.24. The Morgan fingerprint density at radius 3 is 2.55 bits per heavy atom. The quantitative estimate of drug-likeness (QED) is 0.574. The van der Waals surface area contributed by atoms with Crippen molar-refractivity contribution in [2.45, 2.75) is 44.6 Å². The van der Waals surface area contributed by atoms with Gasteiger partial charge in [0, 0.05) is 19.0 Å². The summed E-state index contributed by atoms with van der Waals surface area (Å²) >= 11 is 0. The van der Waals surface area contributed by atoms with Crippen LogP contribution in [0.3, 0.4) is 0 Å². The van der Waals surface area contributed by atoms with Crippen molar-refractivity contribution in [2.24, 2.45) is 0 Å². The van der Waals surface area contributed by atoms with E-state index in [0.29, 0.717) is 0 Å². The second-order valence-corrected chi connectivity index (χ2v) is 3.50. The van der Waals surface area contributed by atoms with Gasteiger partial charge >= 0.3 is 0 Å². The molecule has 0 aromatic carbocycles. The van der Waals surface area contributed by atoms with Crippen molar-refractivity contribution in [1.29, 1.82) is 0 Å². The van der Waals surface area contributed by atoms with E-state index >= 15 is 0 Å². The van der Waals surface area contributed by atoms with Gasteiger partial charge in [-0.15, -0.1) is 0 Å². The van der Waals surface area contributed by atoms with Crippen LogP contribution in [0, 0.1) is 0 Å². The van der Waals surface area contributed by atoms with Crippen LogP contribution >= 0.6 is 0 Å². The molecular formula is C9H21N2+. The second-order valence-electron chi connectivity index (χ2n) is 3.50. The fraction of sp³-hybridized carbons (Fsp3) is 1.00. The molecule has 0 atom stereocenters. The predicted molar refractivity (Wildman–Crippen MR) is 47.2 cm³/mol. The molecule has 2 nitrogen and oxygen atoms in total. The summed E-state index contributed by atoms with van der Waals surface area (Å²) in [5.74, 6) is 0. The molecule has 0 radical (unpaired) electrons. The molecule has 0 saturated heterocycles. The van der Waals surface area contributed by atoms with Gasteiger partial charge in [-0.05, 0) is 12.8 Å². The van der Waals surface area contributed by atoms with Gasteiger partial charge in [0.05, 0.1) is 6.54 Å². The minimum atomic E-state index is 0.829. The molecule has 1 fully saturated rings. The monoisotopic (exact) mass is 157 g/mol. The lowest BCUT2D eigenvalue weighted by atomic mass is 9.95. The van der Waals surface area contributed by atoms with Gasteiger partial charge in [0.15, 0.2) is 0 Å². The van der Waals surface area contributed by atoms with E-state index in [2.05, 4.69) is 11.1 Å². The van der Waals surface area contributed by atoms with Gasteiger partial charge in [-0.3, -0.25) is 0 Å². The van der Waals surface area contributed by atoms with Crippen LogP contribution < -0.4 is 11.1 Å². The van der Waals surface area contributed by atoms with Crippen LogP contribution in [-0.2, 0) is 0 Å². The second kappa shape index (κ2) is 5.56. The lowest BCUT2D eigenvalue weighted by Gasteiger charge is -2.22. The Morgan fingerprint density at radius 2 is 1.91 bits per heavy atom. The number of rotatable bonds is 4. The standard InChI is InChI=1S/C9H20N2/c10-7-4-8-11-9-5-2-1-3-6-9/h9,11H,1-8,10H2/p+1. The molecule has 0 spiro atoms. The molecule has 66 valence electrons. The lowest BCUT2D eigenvalue weighted by Crippen LogP contribution is -2.51. The van der Waals surface area contributed by atoms with Crippen LogP contribution in [0.25, 0.3) is 0 Å². The van der Waals surface area contributed by atoms with Gasteiger partial charge in [0.2, 0.25) is 0 Å². The molecule has 11 heavy (non-hydrogen) atoms. The van der Waals surface area contributed by atoms with Crippen molar-refractivity contribution in [3.8, 4) is 0 Å². The minimum absolute atomic E-state index is 0.829. The molecule has 0 aliphatic heterocycles. The lowest BCUT2D eigenvalue weighted by molar-refractivity contribution is -0.367. The summed E-state index contributed by atoms with van der Waals surface area (Å²) in [4.78, 5) is 0. The normalized spacial score (nSPS) is 20.5. The zero-order chi connectivity index (χ0) is 7.94. The van der Waals surface area contributed by atoms with Gasteiger partial charge in [0.1, 0.15) is 0 Å². The van der Waals surface area contributed by atoms with Crippen molar-refractivity contribution < 1.29 is 5.73 Å². The maximum Gasteiger partial charge on any atom is 0.0752 e.